The zero-order chi connectivity index (χ0) is 21.0. The average molecular weight is 493 g/mol. The van der Waals surface area contributed by atoms with E-state index in [-0.39, 0.29) is 5.69 Å². The van der Waals surface area contributed by atoms with Crippen molar-refractivity contribution in [1.29, 1.82) is 0 Å². The Hall–Kier alpha value is -2.11. The fraction of sp³-hybridized carbons (Fsp3) is 0.333. The van der Waals surface area contributed by atoms with E-state index >= 15 is 0 Å². The third-order valence-electron chi connectivity index (χ3n) is 4.06. The maximum absolute atomic E-state index is 13.1. The molecule has 1 saturated heterocycles. The van der Waals surface area contributed by atoms with E-state index in [1.54, 1.807) is 12.1 Å². The SMILES string of the molecule is O=C(COC(=O)c1ccc(Br)s1)Nc1cc(C(F)(F)F)ccc1N1CCOCC1. The molecule has 2 aromatic rings. The highest BCUT2D eigenvalue weighted by atomic mass is 79.9. The largest absolute Gasteiger partial charge is 0.451 e. The fourth-order valence-corrected chi connectivity index (χ4v) is 3.98. The molecule has 1 aromatic carbocycles. The number of rotatable bonds is 5. The summed E-state index contributed by atoms with van der Waals surface area (Å²) in [5.74, 6) is -1.42. The number of benzene rings is 1. The first kappa shape index (κ1) is 21.6. The van der Waals surface area contributed by atoms with Gasteiger partial charge >= 0.3 is 12.1 Å². The van der Waals surface area contributed by atoms with Crippen LogP contribution in [-0.4, -0.2) is 44.8 Å². The lowest BCUT2D eigenvalue weighted by Crippen LogP contribution is -2.37. The Bertz CT molecular complexity index is 897. The number of hydrogen-bond acceptors (Lipinski definition) is 6. The predicted octanol–water partition coefficient (Wildman–Crippen LogP) is 4.16. The third-order valence-corrected chi connectivity index (χ3v) is 5.66. The summed E-state index contributed by atoms with van der Waals surface area (Å²) in [7, 11) is 0. The molecule has 0 atom stereocenters. The van der Waals surface area contributed by atoms with E-state index in [2.05, 4.69) is 21.2 Å². The van der Waals surface area contributed by atoms with Crippen molar-refractivity contribution in [2.75, 3.05) is 43.1 Å². The number of ether oxygens (including phenoxy) is 2. The minimum Gasteiger partial charge on any atom is -0.451 e. The average Bonchev–Trinajstić information content (AvgIpc) is 3.12. The van der Waals surface area contributed by atoms with Crippen LogP contribution in [-0.2, 0) is 20.4 Å². The lowest BCUT2D eigenvalue weighted by Gasteiger charge is -2.31. The van der Waals surface area contributed by atoms with Crippen molar-refractivity contribution < 1.29 is 32.2 Å². The molecule has 0 bridgehead atoms. The number of morpholine rings is 1. The number of hydrogen-bond donors (Lipinski definition) is 1. The summed E-state index contributed by atoms with van der Waals surface area (Å²) in [4.78, 5) is 26.3. The van der Waals surface area contributed by atoms with Crippen molar-refractivity contribution in [3.63, 3.8) is 0 Å². The summed E-state index contributed by atoms with van der Waals surface area (Å²) in [6.45, 7) is 1.21. The number of nitrogens with zero attached hydrogens (tertiary/aromatic N) is 1. The maximum atomic E-state index is 13.1. The van der Waals surface area contributed by atoms with Crippen LogP contribution in [0.2, 0.25) is 0 Å². The Morgan fingerprint density at radius 1 is 1.21 bits per heavy atom. The smallest absolute Gasteiger partial charge is 0.416 e. The third kappa shape index (κ3) is 5.71. The molecule has 11 heteroatoms. The summed E-state index contributed by atoms with van der Waals surface area (Å²) < 4.78 is 50.2. The number of halogens is 4. The summed E-state index contributed by atoms with van der Waals surface area (Å²) in [6, 6.07) is 6.37. The fourth-order valence-electron chi connectivity index (χ4n) is 2.71. The summed E-state index contributed by atoms with van der Waals surface area (Å²) in [6.07, 6.45) is -4.55. The van der Waals surface area contributed by atoms with Crippen LogP contribution in [0.4, 0.5) is 24.5 Å². The Kier molecular flexibility index (Phi) is 6.81. The summed E-state index contributed by atoms with van der Waals surface area (Å²) in [5.41, 5.74) is -0.435. The molecule has 29 heavy (non-hydrogen) atoms. The number of amides is 1. The molecule has 0 radical (unpaired) electrons. The molecule has 0 spiro atoms. The number of nitrogens with one attached hydrogen (secondary N) is 1. The van der Waals surface area contributed by atoms with Crippen molar-refractivity contribution in [1.82, 2.24) is 0 Å². The van der Waals surface area contributed by atoms with E-state index in [9.17, 15) is 22.8 Å². The molecule has 3 rings (SSSR count). The van der Waals surface area contributed by atoms with E-state index in [1.165, 1.54) is 6.07 Å². The highest BCUT2D eigenvalue weighted by molar-refractivity contribution is 9.11. The minimum atomic E-state index is -4.55. The molecular formula is C18H16BrF3N2O4S. The molecule has 1 aliphatic rings. The summed E-state index contributed by atoms with van der Waals surface area (Å²) >= 11 is 4.36. The van der Waals surface area contributed by atoms with Crippen molar-refractivity contribution in [2.45, 2.75) is 6.18 Å². The van der Waals surface area contributed by atoms with Gasteiger partial charge in [-0.15, -0.1) is 11.3 Å². The van der Waals surface area contributed by atoms with Crippen LogP contribution >= 0.6 is 27.3 Å². The Labute approximate surface area is 176 Å². The van der Waals surface area contributed by atoms with Crippen LogP contribution in [0.15, 0.2) is 34.1 Å². The molecule has 0 unspecified atom stereocenters. The van der Waals surface area contributed by atoms with Crippen molar-refractivity contribution in [2.24, 2.45) is 0 Å². The van der Waals surface area contributed by atoms with Crippen LogP contribution in [0, 0.1) is 0 Å². The number of thiophene rings is 1. The molecule has 1 aromatic heterocycles. The first-order valence-electron chi connectivity index (χ1n) is 8.50. The van der Waals surface area contributed by atoms with Gasteiger partial charge in [0.15, 0.2) is 6.61 Å². The molecule has 156 valence electrons. The number of esters is 1. The van der Waals surface area contributed by atoms with Crippen molar-refractivity contribution >= 4 is 50.5 Å². The predicted molar refractivity (Wildman–Crippen MR) is 105 cm³/mol. The van der Waals surface area contributed by atoms with Crippen LogP contribution in [0.25, 0.3) is 0 Å². The molecule has 6 nitrogen and oxygen atoms in total. The van der Waals surface area contributed by atoms with Gasteiger partial charge in [0, 0.05) is 13.1 Å². The second-order valence-electron chi connectivity index (χ2n) is 6.06. The van der Waals surface area contributed by atoms with E-state index in [0.29, 0.717) is 36.9 Å². The second kappa shape index (κ2) is 9.14. The monoisotopic (exact) mass is 492 g/mol. The van der Waals surface area contributed by atoms with Gasteiger partial charge in [0.1, 0.15) is 4.88 Å². The maximum Gasteiger partial charge on any atom is 0.416 e. The number of carbonyl (C=O) groups is 2. The van der Waals surface area contributed by atoms with Crippen LogP contribution in [0.5, 0.6) is 0 Å². The molecule has 1 fully saturated rings. The quantitative estimate of drug-likeness (QED) is 0.634. The standard InChI is InChI=1S/C18H16BrF3N2O4S/c19-15-4-3-14(29-15)17(26)28-10-16(25)23-12-9-11(18(20,21)22)1-2-13(12)24-5-7-27-8-6-24/h1-4,9H,5-8,10H2,(H,23,25). The zero-order valence-corrected chi connectivity index (χ0v) is 17.3. The van der Waals surface area contributed by atoms with Gasteiger partial charge in [-0.3, -0.25) is 4.79 Å². The minimum absolute atomic E-state index is 0.00152. The lowest BCUT2D eigenvalue weighted by atomic mass is 10.1. The van der Waals surface area contributed by atoms with Crippen molar-refractivity contribution in [3.05, 3.63) is 44.6 Å². The highest BCUT2D eigenvalue weighted by Gasteiger charge is 2.32. The topological polar surface area (TPSA) is 67.9 Å². The van der Waals surface area contributed by atoms with Gasteiger partial charge in [-0.2, -0.15) is 13.2 Å². The number of anilines is 2. The first-order valence-corrected chi connectivity index (χ1v) is 10.1. The zero-order valence-electron chi connectivity index (χ0n) is 14.9. The normalized spacial score (nSPS) is 14.6. The molecule has 1 aliphatic heterocycles. The van der Waals surface area contributed by atoms with Crippen LogP contribution in [0.1, 0.15) is 15.2 Å². The van der Waals surface area contributed by atoms with Gasteiger partial charge in [0.2, 0.25) is 0 Å². The first-order chi connectivity index (χ1) is 13.7. The molecule has 0 aliphatic carbocycles. The molecule has 2 heterocycles. The second-order valence-corrected chi connectivity index (χ2v) is 8.52. The van der Waals surface area contributed by atoms with Crippen LogP contribution in [0.3, 0.4) is 0 Å². The van der Waals surface area contributed by atoms with Gasteiger partial charge in [0.25, 0.3) is 5.91 Å². The van der Waals surface area contributed by atoms with Gasteiger partial charge < -0.3 is 19.7 Å². The van der Waals surface area contributed by atoms with Gasteiger partial charge in [-0.05, 0) is 46.3 Å². The van der Waals surface area contributed by atoms with E-state index < -0.39 is 30.2 Å². The van der Waals surface area contributed by atoms with Gasteiger partial charge in [-0.25, -0.2) is 4.79 Å². The molecule has 1 N–H and O–H groups in total. The highest BCUT2D eigenvalue weighted by Crippen LogP contribution is 2.35. The number of alkyl halides is 3. The lowest BCUT2D eigenvalue weighted by molar-refractivity contribution is -0.137. The summed E-state index contributed by atoms with van der Waals surface area (Å²) in [5, 5.41) is 2.43. The van der Waals surface area contributed by atoms with Crippen molar-refractivity contribution in [3.8, 4) is 0 Å². The van der Waals surface area contributed by atoms with E-state index in [1.807, 2.05) is 4.90 Å². The van der Waals surface area contributed by atoms with Gasteiger partial charge in [0.05, 0.1) is 33.9 Å². The Morgan fingerprint density at radius 2 is 1.93 bits per heavy atom. The van der Waals surface area contributed by atoms with E-state index in [0.717, 1.165) is 27.3 Å². The van der Waals surface area contributed by atoms with Crippen LogP contribution < -0.4 is 10.2 Å². The number of carbonyl (C=O) groups excluding carboxylic acids is 2. The molecular weight excluding hydrogens is 477 g/mol. The van der Waals surface area contributed by atoms with Gasteiger partial charge in [-0.1, -0.05) is 0 Å². The molecule has 0 saturated carbocycles. The Morgan fingerprint density at radius 3 is 2.55 bits per heavy atom. The van der Waals surface area contributed by atoms with E-state index in [4.69, 9.17) is 9.47 Å². The Balaban J connectivity index is 1.72. The molecule has 1 amide bonds.